The molecular formula is C18H19Br2Cl2NO. The van der Waals surface area contributed by atoms with Gasteiger partial charge in [0, 0.05) is 16.6 Å². The summed E-state index contributed by atoms with van der Waals surface area (Å²) in [5.74, 6) is 0.835. The molecule has 0 aliphatic heterocycles. The predicted octanol–water partition coefficient (Wildman–Crippen LogP) is 6.64. The number of ether oxygens (including phenoxy) is 1. The van der Waals surface area contributed by atoms with Crippen LogP contribution in [0.3, 0.4) is 0 Å². The zero-order valence-electron chi connectivity index (χ0n) is 13.5. The van der Waals surface area contributed by atoms with E-state index in [4.69, 9.17) is 27.9 Å². The lowest BCUT2D eigenvalue weighted by Crippen LogP contribution is -2.17. The van der Waals surface area contributed by atoms with Gasteiger partial charge in [0.25, 0.3) is 0 Å². The maximum absolute atomic E-state index is 6.19. The predicted molar refractivity (Wildman–Crippen MR) is 109 cm³/mol. The van der Waals surface area contributed by atoms with Gasteiger partial charge in [0.2, 0.25) is 0 Å². The molecule has 1 N–H and O–H groups in total. The fourth-order valence-corrected chi connectivity index (χ4v) is 4.21. The molecule has 0 saturated heterocycles. The maximum atomic E-state index is 6.19. The third-order valence-corrected chi connectivity index (χ3v) is 5.09. The highest BCUT2D eigenvalue weighted by molar-refractivity contribution is 9.11. The Morgan fingerprint density at radius 3 is 2.33 bits per heavy atom. The lowest BCUT2D eigenvalue weighted by molar-refractivity contribution is 0.239. The van der Waals surface area contributed by atoms with E-state index in [0.29, 0.717) is 10.0 Å². The van der Waals surface area contributed by atoms with E-state index in [1.807, 2.05) is 26.0 Å². The van der Waals surface area contributed by atoms with Crippen LogP contribution in [0.1, 0.15) is 25.0 Å². The summed E-state index contributed by atoms with van der Waals surface area (Å²) in [6.45, 7) is 5.62. The Hall–Kier alpha value is -0.260. The first kappa shape index (κ1) is 20.1. The molecule has 0 fully saturated rings. The Bertz CT molecular complexity index is 684. The monoisotopic (exact) mass is 493 g/mol. The second-order valence-electron chi connectivity index (χ2n) is 5.72. The number of hydrogen-bond acceptors (Lipinski definition) is 2. The second-order valence-corrected chi connectivity index (χ2v) is 8.27. The molecule has 0 aliphatic carbocycles. The minimum Gasteiger partial charge on any atom is -0.489 e. The van der Waals surface area contributed by atoms with Gasteiger partial charge >= 0.3 is 0 Å². The molecule has 0 atom stereocenters. The van der Waals surface area contributed by atoms with Crippen LogP contribution in [0.15, 0.2) is 39.3 Å². The zero-order valence-corrected chi connectivity index (χ0v) is 18.2. The van der Waals surface area contributed by atoms with Crippen molar-refractivity contribution < 1.29 is 4.74 Å². The van der Waals surface area contributed by atoms with Crippen molar-refractivity contribution in [1.29, 1.82) is 0 Å². The molecule has 0 aliphatic rings. The molecule has 0 bridgehead atoms. The molecule has 0 heterocycles. The molecule has 24 heavy (non-hydrogen) atoms. The fraction of sp³-hybridized carbons (Fsp3) is 0.333. The van der Waals surface area contributed by atoms with Crippen LogP contribution in [0.5, 0.6) is 5.75 Å². The molecule has 0 spiro atoms. The minimum atomic E-state index is 0.130. The minimum absolute atomic E-state index is 0.130. The van der Waals surface area contributed by atoms with Gasteiger partial charge < -0.3 is 10.1 Å². The van der Waals surface area contributed by atoms with Crippen LogP contribution in [0.25, 0.3) is 0 Å². The molecule has 2 rings (SSSR count). The zero-order chi connectivity index (χ0) is 17.7. The molecule has 2 nitrogen and oxygen atoms in total. The third-order valence-electron chi connectivity index (χ3n) is 3.33. The summed E-state index contributed by atoms with van der Waals surface area (Å²) in [6.07, 6.45) is 0.984. The molecule has 130 valence electrons. The van der Waals surface area contributed by atoms with Gasteiger partial charge in [0.1, 0.15) is 5.75 Å². The number of nitrogens with one attached hydrogen (secondary N) is 1. The van der Waals surface area contributed by atoms with Crippen molar-refractivity contribution in [1.82, 2.24) is 5.32 Å². The largest absolute Gasteiger partial charge is 0.489 e. The van der Waals surface area contributed by atoms with Crippen LogP contribution in [-0.4, -0.2) is 12.6 Å². The van der Waals surface area contributed by atoms with Gasteiger partial charge in [0.05, 0.1) is 15.0 Å². The molecule has 6 heteroatoms. The molecule has 0 amide bonds. The number of rotatable bonds is 7. The van der Waals surface area contributed by atoms with Crippen LogP contribution in [0, 0.1) is 0 Å². The molecule has 2 aromatic rings. The van der Waals surface area contributed by atoms with Crippen molar-refractivity contribution in [2.75, 3.05) is 6.54 Å². The highest BCUT2D eigenvalue weighted by Gasteiger charge is 2.10. The summed E-state index contributed by atoms with van der Waals surface area (Å²) in [4.78, 5) is 0. The van der Waals surface area contributed by atoms with E-state index < -0.39 is 0 Å². The quantitative estimate of drug-likeness (QED) is 0.435. The number of benzene rings is 2. The van der Waals surface area contributed by atoms with E-state index in [0.717, 1.165) is 39.8 Å². The molecule has 0 radical (unpaired) electrons. The Kier molecular flexibility index (Phi) is 7.89. The van der Waals surface area contributed by atoms with Crippen molar-refractivity contribution in [2.45, 2.75) is 32.9 Å². The van der Waals surface area contributed by atoms with Crippen LogP contribution in [-0.2, 0) is 13.0 Å². The average molecular weight is 496 g/mol. The summed E-state index contributed by atoms with van der Waals surface area (Å²) in [5, 5.41) is 4.81. The Morgan fingerprint density at radius 1 is 1.08 bits per heavy atom. The van der Waals surface area contributed by atoms with E-state index in [-0.39, 0.29) is 6.10 Å². The first-order valence-corrected chi connectivity index (χ1v) is 10.00. The van der Waals surface area contributed by atoms with Crippen molar-refractivity contribution in [3.05, 3.63) is 60.4 Å². The first-order chi connectivity index (χ1) is 11.4. The molecule has 0 aromatic heterocycles. The lowest BCUT2D eigenvalue weighted by atomic mass is 10.1. The van der Waals surface area contributed by atoms with Crippen LogP contribution < -0.4 is 10.1 Å². The van der Waals surface area contributed by atoms with Crippen LogP contribution >= 0.6 is 55.1 Å². The average Bonchev–Trinajstić information content (AvgIpc) is 2.49. The second kappa shape index (κ2) is 9.44. The van der Waals surface area contributed by atoms with Crippen molar-refractivity contribution in [3.8, 4) is 5.75 Å². The standard InChI is InChI=1S/C18H19Br2Cl2NO/c1-11(2)24-18-15(19)7-12(8-16(18)20)10-23-6-5-13-3-4-14(21)9-17(13)22/h3-4,7-9,11,23H,5-6,10H2,1-2H3. The van der Waals surface area contributed by atoms with E-state index in [9.17, 15) is 0 Å². The van der Waals surface area contributed by atoms with E-state index in [1.54, 1.807) is 6.07 Å². The Balaban J connectivity index is 1.90. The first-order valence-electron chi connectivity index (χ1n) is 7.66. The SMILES string of the molecule is CC(C)Oc1c(Br)cc(CNCCc2ccc(Cl)cc2Cl)cc1Br. The van der Waals surface area contributed by atoms with Gasteiger partial charge in [-0.15, -0.1) is 0 Å². The van der Waals surface area contributed by atoms with E-state index in [2.05, 4.69) is 49.3 Å². The van der Waals surface area contributed by atoms with Gasteiger partial charge in [-0.3, -0.25) is 0 Å². The highest BCUT2D eigenvalue weighted by atomic mass is 79.9. The Morgan fingerprint density at radius 2 is 1.75 bits per heavy atom. The van der Waals surface area contributed by atoms with Gasteiger partial charge in [-0.05, 0) is 94.1 Å². The van der Waals surface area contributed by atoms with Crippen molar-refractivity contribution in [2.24, 2.45) is 0 Å². The summed E-state index contributed by atoms with van der Waals surface area (Å²) < 4.78 is 7.69. The smallest absolute Gasteiger partial charge is 0.148 e. The summed E-state index contributed by atoms with van der Waals surface area (Å²) in [6, 6.07) is 9.76. The summed E-state index contributed by atoms with van der Waals surface area (Å²) in [7, 11) is 0. The number of hydrogen-bond donors (Lipinski definition) is 1. The van der Waals surface area contributed by atoms with Crippen molar-refractivity contribution in [3.63, 3.8) is 0 Å². The van der Waals surface area contributed by atoms with Gasteiger partial charge in [0.15, 0.2) is 0 Å². The molecular weight excluding hydrogens is 477 g/mol. The molecule has 2 aromatic carbocycles. The van der Waals surface area contributed by atoms with E-state index >= 15 is 0 Å². The maximum Gasteiger partial charge on any atom is 0.148 e. The summed E-state index contributed by atoms with van der Waals surface area (Å²) in [5.41, 5.74) is 2.27. The van der Waals surface area contributed by atoms with Crippen LogP contribution in [0.4, 0.5) is 0 Å². The fourth-order valence-electron chi connectivity index (χ4n) is 2.24. The molecule has 0 unspecified atom stereocenters. The topological polar surface area (TPSA) is 21.3 Å². The normalized spacial score (nSPS) is 11.1. The van der Waals surface area contributed by atoms with E-state index in [1.165, 1.54) is 5.56 Å². The number of halogens is 4. The lowest BCUT2D eigenvalue weighted by Gasteiger charge is -2.15. The molecule has 0 saturated carbocycles. The Labute approximate surface area is 170 Å². The summed E-state index contributed by atoms with van der Waals surface area (Å²) >= 11 is 19.3. The van der Waals surface area contributed by atoms with Crippen LogP contribution in [0.2, 0.25) is 10.0 Å². The third kappa shape index (κ3) is 5.92. The van der Waals surface area contributed by atoms with Crippen molar-refractivity contribution >= 4 is 55.1 Å². The van der Waals surface area contributed by atoms with Gasteiger partial charge in [-0.1, -0.05) is 29.3 Å². The van der Waals surface area contributed by atoms with Gasteiger partial charge in [-0.2, -0.15) is 0 Å². The van der Waals surface area contributed by atoms with Gasteiger partial charge in [-0.25, -0.2) is 0 Å². The highest BCUT2D eigenvalue weighted by Crippen LogP contribution is 2.35.